The van der Waals surface area contributed by atoms with Crippen LogP contribution in [-0.4, -0.2) is 9.11 Å². The summed E-state index contributed by atoms with van der Waals surface area (Å²) < 4.78 is 20.2. The molecule has 0 radical (unpaired) electrons. The molecule has 2 N–H and O–H groups in total. The van der Waals surface area contributed by atoms with Gasteiger partial charge in [-0.2, -0.15) is 0 Å². The SMILES string of the molecule is Cc1cc2c(cc1Br)C=CS2(O)O. The zero-order valence-corrected chi connectivity index (χ0v) is 9.39. The average Bonchev–Trinajstić information content (AvgIpc) is 2.31. The van der Waals surface area contributed by atoms with Crippen molar-refractivity contribution < 1.29 is 9.11 Å². The fourth-order valence-electron chi connectivity index (χ4n) is 1.30. The Morgan fingerprint density at radius 2 is 2.00 bits per heavy atom. The molecule has 0 aliphatic carbocycles. The molecule has 1 aromatic rings. The van der Waals surface area contributed by atoms with Crippen LogP contribution in [0.3, 0.4) is 0 Å². The molecular weight excluding hydrogens is 252 g/mol. The third kappa shape index (κ3) is 1.44. The maximum Gasteiger partial charge on any atom is 0.0706 e. The minimum atomic E-state index is -2.65. The van der Waals surface area contributed by atoms with E-state index in [0.717, 1.165) is 15.6 Å². The van der Waals surface area contributed by atoms with E-state index in [4.69, 9.17) is 0 Å². The van der Waals surface area contributed by atoms with Crippen molar-refractivity contribution in [2.45, 2.75) is 11.8 Å². The number of fused-ring (bicyclic) bond motifs is 1. The predicted molar refractivity (Wildman–Crippen MR) is 59.0 cm³/mol. The van der Waals surface area contributed by atoms with E-state index in [9.17, 15) is 9.11 Å². The van der Waals surface area contributed by atoms with Crippen molar-refractivity contribution in [1.82, 2.24) is 0 Å². The summed E-state index contributed by atoms with van der Waals surface area (Å²) in [7, 11) is -2.65. The van der Waals surface area contributed by atoms with Crippen LogP contribution in [-0.2, 0) is 0 Å². The van der Waals surface area contributed by atoms with E-state index < -0.39 is 10.6 Å². The molecule has 0 fully saturated rings. The molecule has 0 aromatic heterocycles. The van der Waals surface area contributed by atoms with Crippen LogP contribution in [0.2, 0.25) is 0 Å². The number of benzene rings is 1. The van der Waals surface area contributed by atoms with Crippen LogP contribution < -0.4 is 0 Å². The van der Waals surface area contributed by atoms with Crippen molar-refractivity contribution in [2.24, 2.45) is 0 Å². The lowest BCUT2D eigenvalue weighted by Crippen LogP contribution is -1.92. The Bertz CT molecular complexity index is 399. The lowest BCUT2D eigenvalue weighted by Gasteiger charge is -2.25. The summed E-state index contributed by atoms with van der Waals surface area (Å²) in [6.45, 7) is 1.93. The van der Waals surface area contributed by atoms with E-state index in [0.29, 0.717) is 4.90 Å². The van der Waals surface area contributed by atoms with Crippen molar-refractivity contribution in [2.75, 3.05) is 0 Å². The van der Waals surface area contributed by atoms with Crippen molar-refractivity contribution in [3.05, 3.63) is 33.1 Å². The van der Waals surface area contributed by atoms with E-state index in [1.807, 2.05) is 19.1 Å². The molecule has 4 heteroatoms. The number of halogens is 1. The maximum atomic E-state index is 9.60. The monoisotopic (exact) mass is 260 g/mol. The summed E-state index contributed by atoms with van der Waals surface area (Å²) in [6, 6.07) is 3.72. The second kappa shape index (κ2) is 2.85. The molecule has 2 rings (SSSR count). The van der Waals surface area contributed by atoms with Gasteiger partial charge in [-0.3, -0.25) is 9.11 Å². The summed E-state index contributed by atoms with van der Waals surface area (Å²) in [5.74, 6) is 0. The molecule has 0 saturated carbocycles. The second-order valence-corrected chi connectivity index (χ2v) is 5.79. The molecule has 0 amide bonds. The summed E-state index contributed by atoms with van der Waals surface area (Å²) in [6.07, 6.45) is 1.74. The van der Waals surface area contributed by atoms with Gasteiger partial charge < -0.3 is 0 Å². The van der Waals surface area contributed by atoms with Gasteiger partial charge in [0.15, 0.2) is 0 Å². The zero-order chi connectivity index (χ0) is 9.64. The number of rotatable bonds is 0. The van der Waals surface area contributed by atoms with Gasteiger partial charge in [-0.05, 0) is 30.7 Å². The van der Waals surface area contributed by atoms with Crippen molar-refractivity contribution in [3.8, 4) is 0 Å². The molecular formula is C9H9BrO2S. The number of hydrogen-bond donors (Lipinski definition) is 2. The van der Waals surface area contributed by atoms with Crippen molar-refractivity contribution in [3.63, 3.8) is 0 Å². The van der Waals surface area contributed by atoms with E-state index in [1.165, 1.54) is 5.41 Å². The third-order valence-corrected chi connectivity index (χ3v) is 4.42. The molecule has 1 aliphatic rings. The van der Waals surface area contributed by atoms with Crippen molar-refractivity contribution in [1.29, 1.82) is 0 Å². The van der Waals surface area contributed by atoms with Crippen LogP contribution in [0.15, 0.2) is 26.9 Å². The summed E-state index contributed by atoms with van der Waals surface area (Å²) in [5.41, 5.74) is 1.90. The Hall–Kier alpha value is -0.290. The van der Waals surface area contributed by atoms with Gasteiger partial charge >= 0.3 is 0 Å². The molecule has 0 atom stereocenters. The molecule has 13 heavy (non-hydrogen) atoms. The molecule has 0 unspecified atom stereocenters. The Morgan fingerprint density at radius 3 is 2.69 bits per heavy atom. The fraction of sp³-hybridized carbons (Fsp3) is 0.111. The van der Waals surface area contributed by atoms with E-state index >= 15 is 0 Å². The highest BCUT2D eigenvalue weighted by Gasteiger charge is 2.21. The first kappa shape index (κ1) is 9.27. The number of hydrogen-bond acceptors (Lipinski definition) is 2. The third-order valence-electron chi connectivity index (χ3n) is 2.05. The lowest BCUT2D eigenvalue weighted by molar-refractivity contribution is 0.500. The minimum Gasteiger partial charge on any atom is -0.291 e. The van der Waals surface area contributed by atoms with Gasteiger partial charge in [0.1, 0.15) is 0 Å². The quantitative estimate of drug-likeness (QED) is 0.744. The lowest BCUT2D eigenvalue weighted by atomic mass is 10.1. The van der Waals surface area contributed by atoms with Crippen LogP contribution in [0.5, 0.6) is 0 Å². The number of aryl methyl sites for hydroxylation is 1. The summed E-state index contributed by atoms with van der Waals surface area (Å²) >= 11 is 3.40. The van der Waals surface area contributed by atoms with Crippen molar-refractivity contribution >= 4 is 32.6 Å². The molecule has 1 heterocycles. The normalized spacial score (nSPS) is 20.0. The minimum absolute atomic E-state index is 0.633. The highest BCUT2D eigenvalue weighted by atomic mass is 79.9. The van der Waals surface area contributed by atoms with Crippen LogP contribution in [0.25, 0.3) is 6.08 Å². The fourth-order valence-corrected chi connectivity index (χ4v) is 2.97. The van der Waals surface area contributed by atoms with Crippen LogP contribution in [0, 0.1) is 6.92 Å². The van der Waals surface area contributed by atoms with Gasteiger partial charge in [0.25, 0.3) is 0 Å². The largest absolute Gasteiger partial charge is 0.291 e. The standard InChI is InChI=1S/C9H9BrO2S/c1-6-4-9-7(5-8(6)10)2-3-13(9,11)12/h2-5,11-12H,1H3. The van der Waals surface area contributed by atoms with Gasteiger partial charge in [0.05, 0.1) is 4.90 Å². The average molecular weight is 261 g/mol. The summed E-state index contributed by atoms with van der Waals surface area (Å²) in [4.78, 5) is 0.633. The molecule has 1 aliphatic heterocycles. The zero-order valence-electron chi connectivity index (χ0n) is 6.99. The van der Waals surface area contributed by atoms with Crippen LogP contribution >= 0.6 is 26.5 Å². The molecule has 1 aromatic carbocycles. The van der Waals surface area contributed by atoms with Gasteiger partial charge in [0, 0.05) is 15.4 Å². The second-order valence-electron chi connectivity index (χ2n) is 3.03. The molecule has 0 bridgehead atoms. The molecule has 2 nitrogen and oxygen atoms in total. The van der Waals surface area contributed by atoms with E-state index in [1.54, 1.807) is 6.08 Å². The Morgan fingerprint density at radius 1 is 1.31 bits per heavy atom. The first-order valence-electron chi connectivity index (χ1n) is 3.77. The molecule has 0 saturated heterocycles. The van der Waals surface area contributed by atoms with Crippen LogP contribution in [0.4, 0.5) is 0 Å². The highest BCUT2D eigenvalue weighted by molar-refractivity contribution is 9.10. The topological polar surface area (TPSA) is 40.5 Å². The van der Waals surface area contributed by atoms with E-state index in [-0.39, 0.29) is 0 Å². The first-order valence-corrected chi connectivity index (χ1v) is 6.17. The Kier molecular flexibility index (Phi) is 2.03. The van der Waals surface area contributed by atoms with Gasteiger partial charge in [-0.15, -0.1) is 10.6 Å². The summed E-state index contributed by atoms with van der Waals surface area (Å²) in [5, 5.41) is 1.46. The van der Waals surface area contributed by atoms with Gasteiger partial charge in [-0.25, -0.2) is 0 Å². The maximum absolute atomic E-state index is 9.60. The van der Waals surface area contributed by atoms with Crippen LogP contribution in [0.1, 0.15) is 11.1 Å². The van der Waals surface area contributed by atoms with Gasteiger partial charge in [-0.1, -0.05) is 15.9 Å². The molecule has 70 valence electrons. The van der Waals surface area contributed by atoms with Gasteiger partial charge in [0.2, 0.25) is 0 Å². The molecule has 0 spiro atoms. The Balaban J connectivity index is 2.66. The van der Waals surface area contributed by atoms with E-state index in [2.05, 4.69) is 15.9 Å². The predicted octanol–water partition coefficient (Wildman–Crippen LogP) is 3.85. The highest BCUT2D eigenvalue weighted by Crippen LogP contribution is 2.56. The smallest absolute Gasteiger partial charge is 0.0706 e. The first-order chi connectivity index (χ1) is 6.00. The Labute approximate surface area is 86.8 Å².